The molecule has 0 spiro atoms. The Kier molecular flexibility index (Phi) is 64.2. The van der Waals surface area contributed by atoms with E-state index in [9.17, 15) is 0 Å². The fraction of sp³-hybridized carbons (Fsp3) is 0. The third-order valence-electron chi connectivity index (χ3n) is 0. The average Bonchev–Trinajstić information content (AvgIpc) is 1.00. The van der Waals surface area contributed by atoms with Crippen molar-refractivity contribution in [3.05, 3.63) is 0 Å². The second-order valence-electron chi connectivity index (χ2n) is 0. The van der Waals surface area contributed by atoms with Crippen LogP contribution in [0.5, 0.6) is 0 Å². The Morgan fingerprint density at radius 3 is 1.00 bits per heavy atom. The summed E-state index contributed by atoms with van der Waals surface area (Å²) in [7, 11) is 0. The van der Waals surface area contributed by atoms with Gasteiger partial charge in [0.25, 0.3) is 0 Å². The van der Waals surface area contributed by atoms with Gasteiger partial charge in [-0.05, 0) is 0 Å². The van der Waals surface area contributed by atoms with Crippen molar-refractivity contribution in [1.29, 1.82) is 0 Å². The SMILES string of the molecule is [Ac].[Ac].[O]=[Cu]. The topological polar surface area (TPSA) is 17.1 Å². The Morgan fingerprint density at radius 2 is 1.00 bits per heavy atom. The standard InChI is InChI=1S/2Ac.Cu.O. The summed E-state index contributed by atoms with van der Waals surface area (Å²) in [5.41, 5.74) is 0. The molecule has 1 nitrogen and oxygen atoms in total. The Labute approximate surface area is 105 Å². The van der Waals surface area contributed by atoms with Gasteiger partial charge >= 0.3 is 19.8 Å². The van der Waals surface area contributed by atoms with Crippen molar-refractivity contribution in [2.24, 2.45) is 0 Å². The van der Waals surface area contributed by atoms with Gasteiger partial charge in [-0.15, -0.1) is 0 Å². The molecule has 0 fully saturated rings. The average molecular weight is 534 g/mol. The van der Waals surface area contributed by atoms with Gasteiger partial charge in [0.15, 0.2) is 0 Å². The molecule has 0 aliphatic heterocycles. The van der Waals surface area contributed by atoms with E-state index in [4.69, 9.17) is 3.83 Å². The van der Waals surface area contributed by atoms with Crippen LogP contribution >= 0.6 is 0 Å². The van der Waals surface area contributed by atoms with Gasteiger partial charge in [0.1, 0.15) is 0 Å². The summed E-state index contributed by atoms with van der Waals surface area (Å²) in [5, 5.41) is 0. The first kappa shape index (κ1) is 15.7. The molecule has 0 aromatic carbocycles. The molecule has 0 atom stereocenters. The minimum absolute atomic E-state index is 0. The number of hydrogen-bond acceptors (Lipinski definition) is 1. The van der Waals surface area contributed by atoms with Crippen molar-refractivity contribution in [3.63, 3.8) is 0 Å². The van der Waals surface area contributed by atoms with Gasteiger partial charge in [0.2, 0.25) is 0 Å². The molecule has 0 rings (SSSR count). The van der Waals surface area contributed by atoms with Crippen LogP contribution in [0.1, 0.15) is 0 Å². The predicted molar refractivity (Wildman–Crippen MR) is 0.686 cm³/mol. The Balaban J connectivity index is -0.00000000500. The molecular weight excluding hydrogens is 534 g/mol. The molecule has 0 bridgehead atoms. The molecule has 0 aromatic rings. The van der Waals surface area contributed by atoms with Crippen LogP contribution in [0, 0.1) is 88.1 Å². The molecule has 0 saturated heterocycles. The van der Waals surface area contributed by atoms with Gasteiger partial charge in [-0.3, -0.25) is 0 Å². The number of hydrogen-bond donors (Lipinski definition) is 0. The van der Waals surface area contributed by atoms with E-state index in [-0.39, 0.29) is 88.1 Å². The third-order valence-corrected chi connectivity index (χ3v) is 0. The van der Waals surface area contributed by atoms with Crippen molar-refractivity contribution in [3.8, 4) is 0 Å². The van der Waals surface area contributed by atoms with Crippen molar-refractivity contribution >= 4 is 0 Å². The van der Waals surface area contributed by atoms with Crippen molar-refractivity contribution in [1.82, 2.24) is 0 Å². The molecule has 0 aliphatic rings. The van der Waals surface area contributed by atoms with E-state index in [0.717, 1.165) is 0 Å². The summed E-state index contributed by atoms with van der Waals surface area (Å²) in [5.74, 6) is 0. The summed E-state index contributed by atoms with van der Waals surface area (Å²) in [4.78, 5) is 0. The van der Waals surface area contributed by atoms with E-state index in [2.05, 4.69) is 15.9 Å². The fourth-order valence-electron chi connectivity index (χ4n) is 0. The molecule has 4 heavy (non-hydrogen) atoms. The fourth-order valence-corrected chi connectivity index (χ4v) is 0. The van der Waals surface area contributed by atoms with Crippen LogP contribution in [0.4, 0.5) is 0 Å². The molecule has 0 heterocycles. The van der Waals surface area contributed by atoms with Crippen LogP contribution in [0.15, 0.2) is 0 Å². The van der Waals surface area contributed by atoms with Gasteiger partial charge in [-0.2, -0.15) is 0 Å². The summed E-state index contributed by atoms with van der Waals surface area (Å²) in [6, 6.07) is 0. The monoisotopic (exact) mass is 533 g/mol. The second-order valence-corrected chi connectivity index (χ2v) is 0. The zero-order valence-corrected chi connectivity index (χ0v) is 12.3. The van der Waals surface area contributed by atoms with E-state index in [1.54, 1.807) is 0 Å². The van der Waals surface area contributed by atoms with Crippen molar-refractivity contribution in [2.45, 2.75) is 0 Å². The molecule has 0 aliphatic carbocycles. The van der Waals surface area contributed by atoms with Crippen LogP contribution in [-0.2, 0) is 19.8 Å². The van der Waals surface area contributed by atoms with E-state index < -0.39 is 0 Å². The third kappa shape index (κ3) is 8.96. The Morgan fingerprint density at radius 1 is 1.00 bits per heavy atom. The predicted octanol–water partition coefficient (Wildman–Crippen LogP) is -0.121. The van der Waals surface area contributed by atoms with Gasteiger partial charge in [0.05, 0.1) is 0 Å². The maximum absolute atomic E-state index is 7.81. The second kappa shape index (κ2) is 16.4. The maximum atomic E-state index is 7.81. The van der Waals surface area contributed by atoms with Crippen LogP contribution in [0.2, 0.25) is 0 Å². The molecular formula is Ac2CuO. The van der Waals surface area contributed by atoms with Crippen LogP contribution in [-0.4, -0.2) is 0 Å². The molecule has 23 valence electrons. The van der Waals surface area contributed by atoms with E-state index in [1.807, 2.05) is 0 Å². The first-order valence-electron chi connectivity index (χ1n) is 0.123. The van der Waals surface area contributed by atoms with Crippen molar-refractivity contribution < 1.29 is 108 Å². The van der Waals surface area contributed by atoms with E-state index >= 15 is 0 Å². The zero-order valence-electron chi connectivity index (χ0n) is 1.86. The molecule has 0 unspecified atom stereocenters. The van der Waals surface area contributed by atoms with Gasteiger partial charge in [-0.1, -0.05) is 0 Å². The summed E-state index contributed by atoms with van der Waals surface area (Å²) in [6.07, 6.45) is 0. The quantitative estimate of drug-likeness (QED) is 0.397. The molecule has 2 radical (unpaired) electrons. The molecule has 4 heteroatoms. The summed E-state index contributed by atoms with van der Waals surface area (Å²) < 4.78 is 7.81. The van der Waals surface area contributed by atoms with Gasteiger partial charge in [-0.25, -0.2) is 0 Å². The summed E-state index contributed by atoms with van der Waals surface area (Å²) >= 11 is 2.94. The van der Waals surface area contributed by atoms with Gasteiger partial charge in [0, 0.05) is 88.1 Å². The Bertz CT molecular complexity index is 6.00. The zero-order chi connectivity index (χ0) is 2.00. The minimum atomic E-state index is 0. The number of rotatable bonds is 0. The molecule has 0 aromatic heterocycles. The first-order chi connectivity index (χ1) is 1.00. The first-order valence-corrected chi connectivity index (χ1v) is 0.508. The molecule has 0 N–H and O–H groups in total. The normalized spacial score (nSPS) is 1.50. The van der Waals surface area contributed by atoms with Crippen LogP contribution in [0.25, 0.3) is 0 Å². The van der Waals surface area contributed by atoms with Crippen LogP contribution in [0.3, 0.4) is 0 Å². The van der Waals surface area contributed by atoms with Crippen molar-refractivity contribution in [2.75, 3.05) is 0 Å². The Hall–Kier alpha value is 3.20. The van der Waals surface area contributed by atoms with E-state index in [1.165, 1.54) is 0 Å². The molecule has 0 saturated carbocycles. The van der Waals surface area contributed by atoms with Gasteiger partial charge < -0.3 is 0 Å². The molecule has 0 amide bonds. The summed E-state index contributed by atoms with van der Waals surface area (Å²) in [6.45, 7) is 0. The van der Waals surface area contributed by atoms with E-state index in [0.29, 0.717) is 0 Å². The van der Waals surface area contributed by atoms with Crippen LogP contribution < -0.4 is 0 Å².